The molecule has 0 spiro atoms. The second kappa shape index (κ2) is 4.87. The summed E-state index contributed by atoms with van der Waals surface area (Å²) in [5.41, 5.74) is 8.56. The second-order valence-electron chi connectivity index (χ2n) is 4.22. The van der Waals surface area contributed by atoms with Crippen LogP contribution in [0.25, 0.3) is 0 Å². The summed E-state index contributed by atoms with van der Waals surface area (Å²) < 4.78 is 0. The summed E-state index contributed by atoms with van der Waals surface area (Å²) in [5, 5.41) is 11.1. The molecule has 4 heteroatoms. The zero-order valence-electron chi connectivity index (χ0n) is 10.1. The van der Waals surface area contributed by atoms with Crippen molar-refractivity contribution >= 4 is 11.4 Å². The smallest absolute Gasteiger partial charge is 0.295 e. The Kier molecular flexibility index (Phi) is 3.28. The number of aryl methyl sites for hydroxylation is 1. The largest absolute Gasteiger partial charge is 0.393 e. The van der Waals surface area contributed by atoms with Crippen molar-refractivity contribution in [1.29, 1.82) is 0 Å². The second-order valence-corrected chi connectivity index (χ2v) is 4.22. The Labute approximate surface area is 105 Å². The lowest BCUT2D eigenvalue weighted by atomic mass is 9.98. The molecule has 2 N–H and O–H groups in total. The van der Waals surface area contributed by atoms with Crippen LogP contribution < -0.4 is 5.73 Å². The zero-order chi connectivity index (χ0) is 13.1. The van der Waals surface area contributed by atoms with Gasteiger partial charge in [0.2, 0.25) is 0 Å². The number of nitro benzene ring substituents is 1. The van der Waals surface area contributed by atoms with Crippen molar-refractivity contribution in [1.82, 2.24) is 0 Å². The van der Waals surface area contributed by atoms with E-state index in [1.165, 1.54) is 0 Å². The van der Waals surface area contributed by atoms with Crippen molar-refractivity contribution < 1.29 is 4.92 Å². The van der Waals surface area contributed by atoms with Crippen LogP contribution in [0, 0.1) is 17.0 Å². The van der Waals surface area contributed by atoms with Gasteiger partial charge in [0, 0.05) is 12.0 Å². The Bertz CT molecular complexity index is 580. The summed E-state index contributed by atoms with van der Waals surface area (Å²) in [6, 6.07) is 13.1. The van der Waals surface area contributed by atoms with Gasteiger partial charge in [0.05, 0.1) is 4.92 Å². The van der Waals surface area contributed by atoms with Gasteiger partial charge >= 0.3 is 0 Å². The van der Waals surface area contributed by atoms with Crippen LogP contribution >= 0.6 is 0 Å². The molecule has 0 aromatic heterocycles. The molecule has 0 aliphatic carbocycles. The van der Waals surface area contributed by atoms with Gasteiger partial charge in [-0.3, -0.25) is 10.1 Å². The number of benzene rings is 2. The Morgan fingerprint density at radius 3 is 2.44 bits per heavy atom. The Morgan fingerprint density at radius 1 is 1.17 bits per heavy atom. The van der Waals surface area contributed by atoms with Gasteiger partial charge in [-0.15, -0.1) is 0 Å². The van der Waals surface area contributed by atoms with Crippen LogP contribution in [0.3, 0.4) is 0 Å². The number of nitrogens with two attached hydrogens (primary N) is 1. The molecule has 0 atom stereocenters. The van der Waals surface area contributed by atoms with E-state index >= 15 is 0 Å². The fourth-order valence-electron chi connectivity index (χ4n) is 1.99. The molecule has 0 radical (unpaired) electrons. The van der Waals surface area contributed by atoms with Gasteiger partial charge in [0.1, 0.15) is 5.69 Å². The first-order chi connectivity index (χ1) is 8.59. The minimum Gasteiger partial charge on any atom is -0.393 e. The lowest BCUT2D eigenvalue weighted by Gasteiger charge is -2.08. The Hall–Kier alpha value is -2.36. The van der Waals surface area contributed by atoms with E-state index in [9.17, 15) is 10.1 Å². The van der Waals surface area contributed by atoms with Crippen molar-refractivity contribution in [2.45, 2.75) is 13.3 Å². The van der Waals surface area contributed by atoms with E-state index in [0.29, 0.717) is 12.0 Å². The number of nitrogens with zero attached hydrogens (tertiary/aromatic N) is 1. The van der Waals surface area contributed by atoms with E-state index in [0.717, 1.165) is 11.1 Å². The molecule has 0 aliphatic heterocycles. The maximum atomic E-state index is 11.1. The van der Waals surface area contributed by atoms with Gasteiger partial charge in [-0.1, -0.05) is 36.4 Å². The number of anilines is 1. The molecule has 0 fully saturated rings. The molecule has 0 amide bonds. The number of nitrogen functional groups attached to an aromatic ring is 1. The normalized spacial score (nSPS) is 10.3. The van der Waals surface area contributed by atoms with Crippen LogP contribution in [0.4, 0.5) is 11.4 Å². The van der Waals surface area contributed by atoms with Crippen molar-refractivity contribution in [3.8, 4) is 0 Å². The highest BCUT2D eigenvalue weighted by molar-refractivity contribution is 5.65. The average Bonchev–Trinajstić information content (AvgIpc) is 2.35. The molecule has 92 valence electrons. The molecule has 0 heterocycles. The molecule has 4 nitrogen and oxygen atoms in total. The van der Waals surface area contributed by atoms with Crippen LogP contribution in [-0.4, -0.2) is 4.92 Å². The van der Waals surface area contributed by atoms with E-state index in [1.807, 2.05) is 43.3 Å². The maximum absolute atomic E-state index is 11.1. The predicted octanol–water partition coefficient (Wildman–Crippen LogP) is 3.08. The molecular weight excluding hydrogens is 228 g/mol. The van der Waals surface area contributed by atoms with Crippen LogP contribution in [0.1, 0.15) is 16.7 Å². The lowest BCUT2D eigenvalue weighted by molar-refractivity contribution is -0.384. The fraction of sp³-hybridized carbons (Fsp3) is 0.143. The Balaban J connectivity index is 2.50. The first kappa shape index (κ1) is 12.1. The third kappa shape index (κ3) is 2.32. The quantitative estimate of drug-likeness (QED) is 0.511. The van der Waals surface area contributed by atoms with Crippen molar-refractivity contribution in [3.63, 3.8) is 0 Å². The van der Waals surface area contributed by atoms with Gasteiger partial charge in [0.15, 0.2) is 0 Å². The minimum atomic E-state index is -0.402. The molecule has 18 heavy (non-hydrogen) atoms. The standard InChI is InChI=1S/C14H14N2O2/c1-10-7-8-13(15)14(16(17)18)12(10)9-11-5-3-2-4-6-11/h2-8H,9,15H2,1H3. The summed E-state index contributed by atoms with van der Waals surface area (Å²) in [6.07, 6.45) is 0.522. The van der Waals surface area contributed by atoms with Gasteiger partial charge in [-0.2, -0.15) is 0 Å². The first-order valence-corrected chi connectivity index (χ1v) is 5.66. The number of nitro groups is 1. The number of rotatable bonds is 3. The third-order valence-electron chi connectivity index (χ3n) is 2.95. The molecule has 0 saturated heterocycles. The van der Waals surface area contributed by atoms with Crippen LogP contribution in [-0.2, 0) is 6.42 Å². The topological polar surface area (TPSA) is 69.2 Å². The highest BCUT2D eigenvalue weighted by Crippen LogP contribution is 2.30. The third-order valence-corrected chi connectivity index (χ3v) is 2.95. The van der Waals surface area contributed by atoms with E-state index in [1.54, 1.807) is 6.07 Å². The van der Waals surface area contributed by atoms with E-state index in [-0.39, 0.29) is 11.4 Å². The van der Waals surface area contributed by atoms with Crippen LogP contribution in [0.15, 0.2) is 42.5 Å². The SMILES string of the molecule is Cc1ccc(N)c([N+](=O)[O-])c1Cc1ccccc1. The van der Waals surface area contributed by atoms with Crippen LogP contribution in [0.2, 0.25) is 0 Å². The molecule has 0 saturated carbocycles. The van der Waals surface area contributed by atoms with E-state index in [2.05, 4.69) is 0 Å². The highest BCUT2D eigenvalue weighted by atomic mass is 16.6. The van der Waals surface area contributed by atoms with Gasteiger partial charge < -0.3 is 5.73 Å². The monoisotopic (exact) mass is 242 g/mol. The van der Waals surface area contributed by atoms with Crippen LogP contribution in [0.5, 0.6) is 0 Å². The summed E-state index contributed by atoms with van der Waals surface area (Å²) in [4.78, 5) is 10.7. The molecule has 2 aromatic rings. The molecular formula is C14H14N2O2. The highest BCUT2D eigenvalue weighted by Gasteiger charge is 2.20. The zero-order valence-corrected chi connectivity index (χ0v) is 10.1. The fourth-order valence-corrected chi connectivity index (χ4v) is 1.99. The van der Waals surface area contributed by atoms with Crippen molar-refractivity contribution in [2.75, 3.05) is 5.73 Å². The predicted molar refractivity (Wildman–Crippen MR) is 71.5 cm³/mol. The number of hydrogen-bond donors (Lipinski definition) is 1. The first-order valence-electron chi connectivity index (χ1n) is 5.66. The van der Waals surface area contributed by atoms with Crippen molar-refractivity contribution in [2.24, 2.45) is 0 Å². The number of hydrogen-bond acceptors (Lipinski definition) is 3. The summed E-state index contributed by atoms with van der Waals surface area (Å²) in [5.74, 6) is 0. The molecule has 0 unspecified atom stereocenters. The van der Waals surface area contributed by atoms with Gasteiger partial charge in [-0.25, -0.2) is 0 Å². The molecule has 2 rings (SSSR count). The lowest BCUT2D eigenvalue weighted by Crippen LogP contribution is -2.03. The van der Waals surface area contributed by atoms with E-state index in [4.69, 9.17) is 5.73 Å². The van der Waals surface area contributed by atoms with Gasteiger partial charge in [0.25, 0.3) is 5.69 Å². The summed E-state index contributed by atoms with van der Waals surface area (Å²) in [6.45, 7) is 1.87. The Morgan fingerprint density at radius 2 is 1.83 bits per heavy atom. The molecule has 2 aromatic carbocycles. The maximum Gasteiger partial charge on any atom is 0.295 e. The van der Waals surface area contributed by atoms with E-state index < -0.39 is 4.92 Å². The molecule has 0 bridgehead atoms. The van der Waals surface area contributed by atoms with Crippen molar-refractivity contribution in [3.05, 3.63) is 69.3 Å². The average molecular weight is 242 g/mol. The summed E-state index contributed by atoms with van der Waals surface area (Å²) >= 11 is 0. The molecule has 0 aliphatic rings. The summed E-state index contributed by atoms with van der Waals surface area (Å²) in [7, 11) is 0. The van der Waals surface area contributed by atoms with Gasteiger partial charge in [-0.05, 0) is 24.1 Å². The minimum absolute atomic E-state index is 0.0267.